The molecular weight excluding hydrogens is 288 g/mol. The van der Waals surface area contributed by atoms with Crippen LogP contribution in [0, 0.1) is 0 Å². The van der Waals surface area contributed by atoms with E-state index in [2.05, 4.69) is 13.2 Å². The predicted octanol–water partition coefficient (Wildman–Crippen LogP) is 1.68. The van der Waals surface area contributed by atoms with Crippen molar-refractivity contribution in [3.05, 3.63) is 24.0 Å². The summed E-state index contributed by atoms with van der Waals surface area (Å²) in [7, 11) is -6.22. The van der Waals surface area contributed by atoms with Crippen LogP contribution in [0.5, 0.6) is 0 Å². The Morgan fingerprint density at radius 3 is 1.42 bits per heavy atom. The van der Waals surface area contributed by atoms with Crippen molar-refractivity contribution in [2.45, 2.75) is 25.7 Å². The van der Waals surface area contributed by atoms with E-state index in [1.165, 1.54) is 0 Å². The normalized spacial score (nSPS) is 12.2. The molecule has 0 fully saturated rings. The van der Waals surface area contributed by atoms with Crippen molar-refractivity contribution in [3.8, 4) is 0 Å². The molecular formula is C12H22O5S2. The lowest BCUT2D eigenvalue weighted by atomic mass is 10.3. The molecule has 0 aromatic carbocycles. The zero-order chi connectivity index (χ0) is 14.8. The number of ether oxygens (including phenoxy) is 1. The van der Waals surface area contributed by atoms with Crippen molar-refractivity contribution in [1.82, 2.24) is 0 Å². The molecule has 0 amide bonds. The van der Waals surface area contributed by atoms with Crippen molar-refractivity contribution in [3.63, 3.8) is 0 Å². The summed E-state index contributed by atoms with van der Waals surface area (Å²) in [6.45, 7) is 7.44. The maximum atomic E-state index is 11.1. The van der Waals surface area contributed by atoms with E-state index in [9.17, 15) is 16.8 Å². The van der Waals surface area contributed by atoms with Gasteiger partial charge in [-0.15, -0.1) is 0 Å². The maximum Gasteiger partial charge on any atom is 0.171 e. The van der Waals surface area contributed by atoms with E-state index in [-0.39, 0.29) is 11.5 Å². The second-order valence-corrected chi connectivity index (χ2v) is 8.23. The molecule has 0 spiro atoms. The summed E-state index contributed by atoms with van der Waals surface area (Å²) in [6, 6.07) is 0. The molecule has 5 nitrogen and oxygen atoms in total. The Kier molecular flexibility index (Phi) is 8.95. The van der Waals surface area contributed by atoms with E-state index in [1.54, 1.807) is 0 Å². The summed E-state index contributed by atoms with van der Waals surface area (Å²) in [5.41, 5.74) is 0. The molecule has 0 rings (SSSR count). The fraction of sp³-hybridized carbons (Fsp3) is 0.667. The van der Waals surface area contributed by atoms with Crippen molar-refractivity contribution in [2.24, 2.45) is 0 Å². The van der Waals surface area contributed by atoms with Gasteiger partial charge in [-0.3, -0.25) is 0 Å². The second-order valence-electron chi connectivity index (χ2n) is 4.09. The van der Waals surface area contributed by atoms with Gasteiger partial charge in [0.1, 0.15) is 0 Å². The van der Waals surface area contributed by atoms with Crippen LogP contribution in [0.1, 0.15) is 25.7 Å². The molecule has 0 aliphatic carbocycles. The lowest BCUT2D eigenvalue weighted by molar-refractivity contribution is 0.128. The van der Waals surface area contributed by atoms with Crippen molar-refractivity contribution >= 4 is 19.7 Å². The average molecular weight is 310 g/mol. The molecule has 0 bridgehead atoms. The molecule has 112 valence electrons. The van der Waals surface area contributed by atoms with Crippen LogP contribution in [0.15, 0.2) is 24.0 Å². The lowest BCUT2D eigenvalue weighted by Crippen LogP contribution is -2.05. The monoisotopic (exact) mass is 310 g/mol. The zero-order valence-corrected chi connectivity index (χ0v) is 12.7. The summed E-state index contributed by atoms with van der Waals surface area (Å²) < 4.78 is 49.6. The van der Waals surface area contributed by atoms with Crippen LogP contribution in [0.4, 0.5) is 0 Å². The van der Waals surface area contributed by atoms with Gasteiger partial charge in [0.25, 0.3) is 0 Å². The second kappa shape index (κ2) is 9.28. The Hall–Kier alpha value is -0.660. The highest BCUT2D eigenvalue weighted by Crippen LogP contribution is 2.01. The number of unbranched alkanes of at least 4 members (excludes halogenated alkanes) is 2. The zero-order valence-electron chi connectivity index (χ0n) is 11.1. The van der Waals surface area contributed by atoms with Crippen molar-refractivity contribution in [1.29, 1.82) is 0 Å². The largest absolute Gasteiger partial charge is 0.381 e. The molecule has 0 aliphatic heterocycles. The van der Waals surface area contributed by atoms with Gasteiger partial charge in [0.15, 0.2) is 19.7 Å². The van der Waals surface area contributed by atoms with Gasteiger partial charge < -0.3 is 4.74 Å². The molecule has 0 atom stereocenters. The molecule has 0 saturated carbocycles. The highest BCUT2D eigenvalue weighted by Gasteiger charge is 2.05. The van der Waals surface area contributed by atoms with Gasteiger partial charge in [-0.1, -0.05) is 13.2 Å². The van der Waals surface area contributed by atoms with E-state index < -0.39 is 19.7 Å². The predicted molar refractivity (Wildman–Crippen MR) is 77.3 cm³/mol. The van der Waals surface area contributed by atoms with Crippen LogP contribution in [0.3, 0.4) is 0 Å². The Morgan fingerprint density at radius 1 is 0.737 bits per heavy atom. The first-order valence-electron chi connectivity index (χ1n) is 6.11. The molecule has 7 heteroatoms. The SMILES string of the molecule is C=CS(=O)(=O)CCCCOCCCCS(=O)(=O)C=C. The van der Waals surface area contributed by atoms with Crippen LogP contribution in [0.2, 0.25) is 0 Å². The van der Waals surface area contributed by atoms with E-state index >= 15 is 0 Å². The Bertz CT molecular complexity index is 418. The third kappa shape index (κ3) is 10.9. The molecule has 0 N–H and O–H groups in total. The number of sulfone groups is 2. The summed E-state index contributed by atoms with van der Waals surface area (Å²) in [5.74, 6) is 0.189. The van der Waals surface area contributed by atoms with Gasteiger partial charge in [-0.2, -0.15) is 0 Å². The molecule has 0 aliphatic rings. The van der Waals surface area contributed by atoms with Gasteiger partial charge >= 0.3 is 0 Å². The highest BCUT2D eigenvalue weighted by atomic mass is 32.2. The Labute approximate surface area is 116 Å². The summed E-state index contributed by atoms with van der Waals surface area (Å²) in [6.07, 6.45) is 2.41. The first-order chi connectivity index (χ1) is 8.83. The van der Waals surface area contributed by atoms with Gasteiger partial charge in [0.2, 0.25) is 0 Å². The number of hydrogen-bond donors (Lipinski definition) is 0. The quantitative estimate of drug-likeness (QED) is 0.513. The third-order valence-electron chi connectivity index (χ3n) is 2.44. The molecule has 0 aromatic rings. The molecule has 0 unspecified atom stereocenters. The van der Waals surface area contributed by atoms with E-state index in [4.69, 9.17) is 4.74 Å². The van der Waals surface area contributed by atoms with Gasteiger partial charge in [-0.25, -0.2) is 16.8 Å². The minimum atomic E-state index is -3.11. The first-order valence-corrected chi connectivity index (χ1v) is 9.54. The van der Waals surface area contributed by atoms with E-state index in [1.807, 2.05) is 0 Å². The smallest absolute Gasteiger partial charge is 0.171 e. The molecule has 0 saturated heterocycles. The van der Waals surface area contributed by atoms with Crippen molar-refractivity contribution < 1.29 is 21.6 Å². The van der Waals surface area contributed by atoms with Gasteiger partial charge in [0, 0.05) is 24.0 Å². The van der Waals surface area contributed by atoms with Crippen LogP contribution < -0.4 is 0 Å². The average Bonchev–Trinajstić information content (AvgIpc) is 2.36. The van der Waals surface area contributed by atoms with Crippen LogP contribution in [-0.4, -0.2) is 41.6 Å². The molecule has 0 aromatic heterocycles. The fourth-order valence-electron chi connectivity index (χ4n) is 1.28. The lowest BCUT2D eigenvalue weighted by Gasteiger charge is -2.04. The standard InChI is InChI=1S/C12H22O5S2/c1-3-18(13,14)11-7-5-9-17-10-6-8-12-19(15,16)4-2/h3-4H,1-2,5-12H2. The molecule has 19 heavy (non-hydrogen) atoms. The summed E-state index contributed by atoms with van der Waals surface area (Å²) in [5, 5.41) is 1.93. The third-order valence-corrected chi connectivity index (χ3v) is 5.17. The first kappa shape index (κ1) is 18.3. The Morgan fingerprint density at radius 2 is 1.11 bits per heavy atom. The van der Waals surface area contributed by atoms with Crippen LogP contribution in [0.25, 0.3) is 0 Å². The molecule has 0 heterocycles. The number of rotatable bonds is 12. The minimum absolute atomic E-state index is 0.0947. The topological polar surface area (TPSA) is 77.5 Å². The van der Waals surface area contributed by atoms with E-state index in [0.29, 0.717) is 38.9 Å². The fourth-order valence-corrected chi connectivity index (χ4v) is 2.83. The maximum absolute atomic E-state index is 11.1. The number of hydrogen-bond acceptors (Lipinski definition) is 5. The highest BCUT2D eigenvalue weighted by molar-refractivity contribution is 7.94. The Balaban J connectivity index is 3.43. The van der Waals surface area contributed by atoms with Crippen molar-refractivity contribution in [2.75, 3.05) is 24.7 Å². The van der Waals surface area contributed by atoms with Gasteiger partial charge in [-0.05, 0) is 25.7 Å². The minimum Gasteiger partial charge on any atom is -0.381 e. The van der Waals surface area contributed by atoms with E-state index in [0.717, 1.165) is 10.8 Å². The summed E-state index contributed by atoms with van der Waals surface area (Å²) >= 11 is 0. The van der Waals surface area contributed by atoms with Crippen LogP contribution in [-0.2, 0) is 24.4 Å². The summed E-state index contributed by atoms with van der Waals surface area (Å²) in [4.78, 5) is 0. The molecule has 0 radical (unpaired) electrons. The van der Waals surface area contributed by atoms with Crippen LogP contribution >= 0.6 is 0 Å². The van der Waals surface area contributed by atoms with Gasteiger partial charge in [0.05, 0.1) is 11.5 Å².